The molecule has 2 atom stereocenters. The minimum absolute atomic E-state index is 0.0977. The smallest absolute Gasteiger partial charge is 0.165 e. The second-order valence-electron chi connectivity index (χ2n) is 5.35. The summed E-state index contributed by atoms with van der Waals surface area (Å²) in [5, 5.41) is 9.59. The molecule has 0 amide bonds. The van der Waals surface area contributed by atoms with Gasteiger partial charge in [-0.3, -0.25) is 0 Å². The van der Waals surface area contributed by atoms with Crippen molar-refractivity contribution in [1.82, 2.24) is 0 Å². The number of halogens is 1. The molecule has 0 heterocycles. The molecular formula is C14H19FO2. The van der Waals surface area contributed by atoms with Crippen LogP contribution in [-0.4, -0.2) is 18.3 Å². The van der Waals surface area contributed by atoms with Crippen LogP contribution in [0, 0.1) is 11.2 Å². The van der Waals surface area contributed by atoms with E-state index >= 15 is 0 Å². The third-order valence-electron chi connectivity index (χ3n) is 3.66. The molecule has 0 radical (unpaired) electrons. The number of aliphatic hydroxyl groups excluding tert-OH is 1. The molecule has 3 heteroatoms. The van der Waals surface area contributed by atoms with E-state index in [-0.39, 0.29) is 23.1 Å². The van der Waals surface area contributed by atoms with E-state index < -0.39 is 0 Å². The van der Waals surface area contributed by atoms with Crippen LogP contribution < -0.4 is 4.74 Å². The maximum Gasteiger partial charge on any atom is 0.165 e. The summed E-state index contributed by atoms with van der Waals surface area (Å²) in [5.74, 6) is -0.0301. The van der Waals surface area contributed by atoms with Crippen molar-refractivity contribution in [3.8, 4) is 5.75 Å². The van der Waals surface area contributed by atoms with Crippen LogP contribution in [0.3, 0.4) is 0 Å². The van der Waals surface area contributed by atoms with E-state index in [1.165, 1.54) is 13.2 Å². The Labute approximate surface area is 101 Å². The molecular weight excluding hydrogens is 219 g/mol. The van der Waals surface area contributed by atoms with Crippen LogP contribution in [0.25, 0.3) is 0 Å². The fourth-order valence-corrected chi connectivity index (χ4v) is 2.76. The van der Waals surface area contributed by atoms with E-state index in [0.717, 1.165) is 31.2 Å². The van der Waals surface area contributed by atoms with Gasteiger partial charge in [-0.25, -0.2) is 4.39 Å². The van der Waals surface area contributed by atoms with E-state index in [9.17, 15) is 9.50 Å². The van der Waals surface area contributed by atoms with Crippen molar-refractivity contribution < 1.29 is 14.2 Å². The summed E-state index contributed by atoms with van der Waals surface area (Å²) >= 11 is 0. The zero-order valence-electron chi connectivity index (χ0n) is 10.4. The Balaban J connectivity index is 2.11. The van der Waals surface area contributed by atoms with Gasteiger partial charge in [0.05, 0.1) is 13.2 Å². The Bertz CT molecular complexity index is 405. The number of aliphatic hydroxyl groups is 1. The van der Waals surface area contributed by atoms with Gasteiger partial charge in [-0.15, -0.1) is 0 Å². The monoisotopic (exact) mass is 238 g/mol. The van der Waals surface area contributed by atoms with Gasteiger partial charge in [0.2, 0.25) is 0 Å². The third-order valence-corrected chi connectivity index (χ3v) is 3.66. The van der Waals surface area contributed by atoms with Crippen molar-refractivity contribution in [2.24, 2.45) is 5.41 Å². The minimum Gasteiger partial charge on any atom is -0.494 e. The molecule has 1 aliphatic rings. The molecule has 1 N–H and O–H groups in total. The summed E-state index contributed by atoms with van der Waals surface area (Å²) in [5.41, 5.74) is 1.07. The Morgan fingerprint density at radius 3 is 2.82 bits per heavy atom. The maximum atomic E-state index is 13.6. The topological polar surface area (TPSA) is 29.5 Å². The Morgan fingerprint density at radius 2 is 2.29 bits per heavy atom. The van der Waals surface area contributed by atoms with Gasteiger partial charge in [-0.05, 0) is 48.8 Å². The number of benzene rings is 1. The molecule has 1 fully saturated rings. The molecule has 1 aromatic carbocycles. The summed E-state index contributed by atoms with van der Waals surface area (Å²) in [6.45, 7) is 2.16. The summed E-state index contributed by atoms with van der Waals surface area (Å²) in [6, 6.07) is 5.10. The van der Waals surface area contributed by atoms with Gasteiger partial charge >= 0.3 is 0 Å². The highest BCUT2D eigenvalue weighted by molar-refractivity contribution is 5.30. The van der Waals surface area contributed by atoms with Crippen molar-refractivity contribution in [1.29, 1.82) is 0 Å². The second kappa shape index (κ2) is 4.65. The maximum absolute atomic E-state index is 13.6. The van der Waals surface area contributed by atoms with Gasteiger partial charge < -0.3 is 9.84 Å². The highest BCUT2D eigenvalue weighted by atomic mass is 19.1. The van der Waals surface area contributed by atoms with Crippen LogP contribution >= 0.6 is 0 Å². The van der Waals surface area contributed by atoms with Crippen molar-refractivity contribution in [3.05, 3.63) is 29.6 Å². The van der Waals surface area contributed by atoms with Crippen LogP contribution in [0.4, 0.5) is 4.39 Å². The average Bonchev–Trinajstić information content (AvgIpc) is 2.58. The first-order valence-corrected chi connectivity index (χ1v) is 6.03. The van der Waals surface area contributed by atoms with Crippen molar-refractivity contribution in [3.63, 3.8) is 0 Å². The fourth-order valence-electron chi connectivity index (χ4n) is 2.76. The first kappa shape index (κ1) is 12.4. The highest BCUT2D eigenvalue weighted by Gasteiger charge is 2.34. The van der Waals surface area contributed by atoms with E-state index in [0.29, 0.717) is 0 Å². The number of hydrogen-bond acceptors (Lipinski definition) is 2. The van der Waals surface area contributed by atoms with Gasteiger partial charge in [0.15, 0.2) is 11.6 Å². The van der Waals surface area contributed by atoms with Gasteiger partial charge in [-0.2, -0.15) is 0 Å². The third kappa shape index (κ3) is 2.78. The first-order valence-electron chi connectivity index (χ1n) is 6.03. The number of hydrogen-bond donors (Lipinski definition) is 1. The lowest BCUT2D eigenvalue weighted by molar-refractivity contribution is 0.163. The van der Waals surface area contributed by atoms with Gasteiger partial charge in [-0.1, -0.05) is 13.0 Å². The highest BCUT2D eigenvalue weighted by Crippen LogP contribution is 2.40. The van der Waals surface area contributed by atoms with E-state index in [2.05, 4.69) is 6.92 Å². The lowest BCUT2D eigenvalue weighted by Crippen LogP contribution is -2.16. The predicted octanol–water partition coefficient (Wildman–Crippen LogP) is 2.93. The molecule has 0 aliphatic heterocycles. The Morgan fingerprint density at radius 1 is 1.53 bits per heavy atom. The fraction of sp³-hybridized carbons (Fsp3) is 0.571. The van der Waals surface area contributed by atoms with Gasteiger partial charge in [0.1, 0.15) is 0 Å². The SMILES string of the molecule is COc1ccc(CC2(C)CCC(O)C2)cc1F. The van der Waals surface area contributed by atoms with E-state index in [1.54, 1.807) is 6.07 Å². The number of rotatable bonds is 3. The minimum atomic E-state index is -0.313. The standard InChI is InChI=1S/C14H19FO2/c1-14(6-5-11(16)9-14)8-10-3-4-13(17-2)12(15)7-10/h3-4,7,11,16H,5-6,8-9H2,1-2H3. The molecule has 17 heavy (non-hydrogen) atoms. The summed E-state index contributed by atoms with van der Waals surface area (Å²) in [6.07, 6.45) is 3.28. The normalized spacial score (nSPS) is 28.4. The molecule has 2 nitrogen and oxygen atoms in total. The molecule has 0 saturated heterocycles. The predicted molar refractivity (Wildman–Crippen MR) is 64.6 cm³/mol. The van der Waals surface area contributed by atoms with E-state index in [1.807, 2.05) is 6.07 Å². The van der Waals surface area contributed by atoms with Crippen molar-refractivity contribution >= 4 is 0 Å². The van der Waals surface area contributed by atoms with Crippen LogP contribution in [-0.2, 0) is 6.42 Å². The lowest BCUT2D eigenvalue weighted by atomic mass is 9.82. The molecule has 0 bridgehead atoms. The number of ether oxygens (including phenoxy) is 1. The van der Waals surface area contributed by atoms with Gasteiger partial charge in [0, 0.05) is 0 Å². The van der Waals surface area contributed by atoms with Crippen molar-refractivity contribution in [2.45, 2.75) is 38.7 Å². The average molecular weight is 238 g/mol. The molecule has 1 aromatic rings. The van der Waals surface area contributed by atoms with Crippen LogP contribution in [0.15, 0.2) is 18.2 Å². The van der Waals surface area contributed by atoms with E-state index in [4.69, 9.17) is 4.74 Å². The van der Waals surface area contributed by atoms with Crippen LogP contribution in [0.1, 0.15) is 31.7 Å². The molecule has 0 aromatic heterocycles. The number of methoxy groups -OCH3 is 1. The summed E-state index contributed by atoms with van der Waals surface area (Å²) in [7, 11) is 1.47. The van der Waals surface area contributed by atoms with Gasteiger partial charge in [0.25, 0.3) is 0 Å². The molecule has 2 unspecified atom stereocenters. The molecule has 2 rings (SSSR count). The molecule has 0 spiro atoms. The largest absolute Gasteiger partial charge is 0.494 e. The Kier molecular flexibility index (Phi) is 3.38. The quantitative estimate of drug-likeness (QED) is 0.877. The summed E-state index contributed by atoms with van der Waals surface area (Å²) in [4.78, 5) is 0. The second-order valence-corrected chi connectivity index (χ2v) is 5.35. The molecule has 1 saturated carbocycles. The lowest BCUT2D eigenvalue weighted by Gasteiger charge is -2.23. The molecule has 1 aliphatic carbocycles. The molecule has 94 valence electrons. The van der Waals surface area contributed by atoms with Crippen LogP contribution in [0.2, 0.25) is 0 Å². The zero-order valence-corrected chi connectivity index (χ0v) is 10.4. The summed E-state index contributed by atoms with van der Waals surface area (Å²) < 4.78 is 18.4. The van der Waals surface area contributed by atoms with Crippen LogP contribution in [0.5, 0.6) is 5.75 Å². The van der Waals surface area contributed by atoms with Crippen molar-refractivity contribution in [2.75, 3.05) is 7.11 Å². The first-order chi connectivity index (χ1) is 8.02. The zero-order chi connectivity index (χ0) is 12.5. The Hall–Kier alpha value is -1.09.